The van der Waals surface area contributed by atoms with Gasteiger partial charge in [0.05, 0.1) is 11.5 Å². The van der Waals surface area contributed by atoms with E-state index < -0.39 is 5.41 Å². The zero-order valence-corrected chi connectivity index (χ0v) is 16.8. The molecule has 1 aliphatic rings. The number of phenols is 2. The Morgan fingerprint density at radius 3 is 1.74 bits per heavy atom. The molecular weight excluding hydrogens is 386 g/mol. The van der Waals surface area contributed by atoms with Gasteiger partial charge in [0.15, 0.2) is 5.78 Å². The molecule has 2 N–H and O–H groups in total. The molecule has 4 rings (SSSR count). The third kappa shape index (κ3) is 4.26. The number of ketones is 1. The first kappa shape index (κ1) is 20.2. The van der Waals surface area contributed by atoms with Crippen molar-refractivity contribution in [3.63, 3.8) is 0 Å². The lowest BCUT2D eigenvalue weighted by Crippen LogP contribution is -2.33. The molecule has 1 fully saturated rings. The molecule has 0 aliphatic heterocycles. The van der Waals surface area contributed by atoms with Gasteiger partial charge >= 0.3 is 0 Å². The van der Waals surface area contributed by atoms with Gasteiger partial charge in [-0.25, -0.2) is 0 Å². The topological polar surface area (TPSA) is 81.3 Å². The number of nitriles is 1. The summed E-state index contributed by atoms with van der Waals surface area (Å²) in [6.45, 7) is 0. The monoisotopic (exact) mass is 407 g/mol. The highest BCUT2D eigenvalue weighted by molar-refractivity contribution is 6.14. The number of carbonyl (C=O) groups is 1. The van der Waals surface area contributed by atoms with Gasteiger partial charge in [-0.15, -0.1) is 0 Å². The summed E-state index contributed by atoms with van der Waals surface area (Å²) in [7, 11) is 0. The number of nitrogens with zero attached hydrogens (tertiary/aromatic N) is 1. The molecule has 0 aromatic heterocycles. The number of carbonyl (C=O) groups excluding carboxylic acids is 1. The normalized spacial score (nSPS) is 21.2. The van der Waals surface area contributed by atoms with Crippen molar-refractivity contribution in [2.45, 2.75) is 18.3 Å². The van der Waals surface area contributed by atoms with Gasteiger partial charge in [-0.1, -0.05) is 54.6 Å². The van der Waals surface area contributed by atoms with Crippen LogP contribution in [0.1, 0.15) is 29.5 Å². The van der Waals surface area contributed by atoms with Crippen molar-refractivity contribution in [2.75, 3.05) is 0 Å². The Kier molecular flexibility index (Phi) is 5.43. The predicted molar refractivity (Wildman–Crippen MR) is 120 cm³/mol. The van der Waals surface area contributed by atoms with Crippen LogP contribution < -0.4 is 0 Å². The van der Waals surface area contributed by atoms with Gasteiger partial charge < -0.3 is 10.2 Å². The summed E-state index contributed by atoms with van der Waals surface area (Å²) in [6, 6.07) is 25.3. The second-order valence-electron chi connectivity index (χ2n) is 7.77. The van der Waals surface area contributed by atoms with Crippen LogP contribution in [0.25, 0.3) is 12.2 Å². The van der Waals surface area contributed by atoms with Crippen LogP contribution in [0.15, 0.2) is 90.0 Å². The zero-order valence-electron chi connectivity index (χ0n) is 16.8. The van der Waals surface area contributed by atoms with Gasteiger partial charge in [-0.3, -0.25) is 4.79 Å². The number of phenolic OH excluding ortho intramolecular Hbond substituents is 2. The predicted octanol–water partition coefficient (Wildman–Crippen LogP) is 5.39. The smallest absolute Gasteiger partial charge is 0.185 e. The van der Waals surface area contributed by atoms with Crippen molar-refractivity contribution < 1.29 is 15.0 Å². The van der Waals surface area contributed by atoms with E-state index in [0.717, 1.165) is 5.56 Å². The second-order valence-corrected chi connectivity index (χ2v) is 7.77. The average molecular weight is 407 g/mol. The van der Waals surface area contributed by atoms with E-state index in [1.165, 1.54) is 0 Å². The maximum absolute atomic E-state index is 13.4. The number of aromatic hydroxyl groups is 2. The molecule has 3 aromatic rings. The van der Waals surface area contributed by atoms with Crippen molar-refractivity contribution in [3.05, 3.63) is 107 Å². The van der Waals surface area contributed by atoms with E-state index in [9.17, 15) is 20.3 Å². The highest BCUT2D eigenvalue weighted by Crippen LogP contribution is 2.43. The molecule has 0 bridgehead atoms. The molecule has 0 radical (unpaired) electrons. The minimum atomic E-state index is -0.888. The standard InChI is InChI=1S/C27H21NO3/c28-18-27(23-8-2-1-3-9-23)16-21(12-19-6-4-10-24(29)14-19)26(31)22(17-27)13-20-7-5-11-25(30)15-20/h1-15,29-30H,16-17H2/b21-12+,22-13+. The van der Waals surface area contributed by atoms with E-state index in [1.54, 1.807) is 48.6 Å². The van der Waals surface area contributed by atoms with Crippen molar-refractivity contribution in [1.29, 1.82) is 5.26 Å². The van der Waals surface area contributed by atoms with Crippen molar-refractivity contribution in [2.24, 2.45) is 0 Å². The second kappa shape index (κ2) is 8.33. The number of hydrogen-bond donors (Lipinski definition) is 2. The Balaban J connectivity index is 1.86. The maximum Gasteiger partial charge on any atom is 0.185 e. The van der Waals surface area contributed by atoms with Crippen LogP contribution in [0, 0.1) is 11.3 Å². The zero-order chi connectivity index (χ0) is 21.8. The van der Waals surface area contributed by atoms with Crippen LogP contribution in [0.2, 0.25) is 0 Å². The largest absolute Gasteiger partial charge is 0.508 e. The third-order valence-electron chi connectivity index (χ3n) is 5.53. The molecule has 0 heterocycles. The fraction of sp³-hybridized carbons (Fsp3) is 0.111. The van der Waals surface area contributed by atoms with Gasteiger partial charge in [0.25, 0.3) is 0 Å². The van der Waals surface area contributed by atoms with Gasteiger partial charge in [-0.2, -0.15) is 5.26 Å². The molecule has 4 heteroatoms. The van der Waals surface area contributed by atoms with Crippen molar-refractivity contribution in [3.8, 4) is 17.6 Å². The molecule has 0 unspecified atom stereocenters. The summed E-state index contributed by atoms with van der Waals surface area (Å²) in [6.07, 6.45) is 4.04. The molecule has 1 saturated carbocycles. The molecule has 3 aromatic carbocycles. The first-order chi connectivity index (χ1) is 15.0. The lowest BCUT2D eigenvalue weighted by atomic mass is 9.66. The molecule has 152 valence electrons. The van der Waals surface area contributed by atoms with Crippen LogP contribution >= 0.6 is 0 Å². The molecule has 31 heavy (non-hydrogen) atoms. The quantitative estimate of drug-likeness (QED) is 0.571. The number of rotatable bonds is 3. The van der Waals surface area contributed by atoms with Crippen LogP contribution in [0.3, 0.4) is 0 Å². The van der Waals surface area contributed by atoms with Gasteiger partial charge in [0.2, 0.25) is 0 Å². The van der Waals surface area contributed by atoms with Crippen LogP contribution in [-0.2, 0) is 10.2 Å². The van der Waals surface area contributed by atoms with E-state index in [1.807, 2.05) is 42.5 Å². The molecule has 0 amide bonds. The number of allylic oxidation sites excluding steroid dienone is 2. The SMILES string of the molecule is N#CC1(c2ccccc2)C/C(=C\c2cccc(O)c2)C(=O)/C(=C/c2cccc(O)c2)C1. The minimum absolute atomic E-state index is 0.114. The average Bonchev–Trinajstić information content (AvgIpc) is 2.77. The Morgan fingerprint density at radius 2 is 1.29 bits per heavy atom. The fourth-order valence-electron chi connectivity index (χ4n) is 4.05. The first-order valence-corrected chi connectivity index (χ1v) is 10.00. The minimum Gasteiger partial charge on any atom is -0.508 e. The highest BCUT2D eigenvalue weighted by Gasteiger charge is 2.41. The maximum atomic E-state index is 13.4. The molecular formula is C27H21NO3. The lowest BCUT2D eigenvalue weighted by molar-refractivity contribution is -0.113. The van der Waals surface area contributed by atoms with E-state index in [2.05, 4.69) is 6.07 Å². The lowest BCUT2D eigenvalue weighted by Gasteiger charge is -2.33. The third-order valence-corrected chi connectivity index (χ3v) is 5.53. The Hall–Kier alpha value is -4.10. The van der Waals surface area contributed by atoms with Crippen LogP contribution in [0.5, 0.6) is 11.5 Å². The molecule has 0 spiro atoms. The summed E-state index contributed by atoms with van der Waals surface area (Å²) in [5.41, 5.74) is 2.38. The van der Waals surface area contributed by atoms with E-state index in [0.29, 0.717) is 22.3 Å². The first-order valence-electron chi connectivity index (χ1n) is 10.00. The summed E-state index contributed by atoms with van der Waals surface area (Å²) in [5, 5.41) is 29.9. The Bertz CT molecular complexity index is 1170. The van der Waals surface area contributed by atoms with Gasteiger partial charge in [-0.05, 0) is 65.9 Å². The van der Waals surface area contributed by atoms with Crippen molar-refractivity contribution in [1.82, 2.24) is 0 Å². The van der Waals surface area contributed by atoms with Crippen molar-refractivity contribution >= 4 is 17.9 Å². The Labute approximate surface area is 181 Å². The number of Topliss-reactive ketones (excluding diaryl/α,β-unsaturated/α-hetero) is 1. The Morgan fingerprint density at radius 1 is 0.774 bits per heavy atom. The summed E-state index contributed by atoms with van der Waals surface area (Å²) in [4.78, 5) is 13.4. The van der Waals surface area contributed by atoms with Crippen LogP contribution in [0.4, 0.5) is 0 Å². The van der Waals surface area contributed by atoms with E-state index in [-0.39, 0.29) is 30.1 Å². The molecule has 0 atom stereocenters. The highest BCUT2D eigenvalue weighted by atomic mass is 16.3. The van der Waals surface area contributed by atoms with Gasteiger partial charge in [0, 0.05) is 11.1 Å². The van der Waals surface area contributed by atoms with E-state index in [4.69, 9.17) is 0 Å². The molecule has 1 aliphatic carbocycles. The molecule has 0 saturated heterocycles. The summed E-state index contributed by atoms with van der Waals surface area (Å²) < 4.78 is 0. The number of hydrogen-bond acceptors (Lipinski definition) is 4. The summed E-state index contributed by atoms with van der Waals surface area (Å²) >= 11 is 0. The molecule has 4 nitrogen and oxygen atoms in total. The van der Waals surface area contributed by atoms with Gasteiger partial charge in [0.1, 0.15) is 11.5 Å². The van der Waals surface area contributed by atoms with E-state index >= 15 is 0 Å². The van der Waals surface area contributed by atoms with Crippen LogP contribution in [-0.4, -0.2) is 16.0 Å². The summed E-state index contributed by atoms with van der Waals surface area (Å²) in [5.74, 6) is 0.0963. The number of benzene rings is 3. The fourth-order valence-corrected chi connectivity index (χ4v) is 4.05.